The summed E-state index contributed by atoms with van der Waals surface area (Å²) in [7, 11) is -3.97. The molecule has 1 heterocycles. The van der Waals surface area contributed by atoms with Crippen molar-refractivity contribution in [3.8, 4) is 5.75 Å². The van der Waals surface area contributed by atoms with Crippen molar-refractivity contribution in [1.29, 1.82) is 0 Å². The van der Waals surface area contributed by atoms with Gasteiger partial charge in [0.05, 0.1) is 4.90 Å². The molecule has 2 aromatic carbocycles. The van der Waals surface area contributed by atoms with Crippen LogP contribution in [0.2, 0.25) is 5.02 Å². The highest BCUT2D eigenvalue weighted by atomic mass is 35.5. The molecule has 1 fully saturated rings. The van der Waals surface area contributed by atoms with Gasteiger partial charge in [-0.05, 0) is 73.8 Å². The zero-order chi connectivity index (χ0) is 21.1. The Morgan fingerprint density at radius 3 is 2.17 bits per heavy atom. The van der Waals surface area contributed by atoms with Gasteiger partial charge in [-0.2, -0.15) is 0 Å². The van der Waals surface area contributed by atoms with E-state index in [2.05, 4.69) is 14.8 Å². The lowest BCUT2D eigenvalue weighted by Crippen LogP contribution is -2.38. The van der Waals surface area contributed by atoms with Crippen molar-refractivity contribution in [2.75, 3.05) is 13.1 Å². The van der Waals surface area contributed by atoms with E-state index in [1.54, 1.807) is 24.3 Å². The molecule has 158 valence electrons. The Morgan fingerprint density at radius 1 is 1.03 bits per heavy atom. The molecule has 1 saturated heterocycles. The first-order chi connectivity index (χ1) is 13.6. The van der Waals surface area contributed by atoms with E-state index in [0.29, 0.717) is 5.02 Å². The smallest absolute Gasteiger partial charge is 0.406 e. The predicted molar refractivity (Wildman–Crippen MR) is 103 cm³/mol. The Morgan fingerprint density at radius 2 is 1.62 bits per heavy atom. The van der Waals surface area contributed by atoms with Crippen molar-refractivity contribution in [3.05, 3.63) is 59.1 Å². The molecular weight excluding hydrogens is 429 g/mol. The maximum atomic E-state index is 12.9. The fraction of sp³-hybridized carbons (Fsp3) is 0.368. The predicted octanol–water partition coefficient (Wildman–Crippen LogP) is 4.26. The van der Waals surface area contributed by atoms with E-state index in [9.17, 15) is 21.6 Å². The van der Waals surface area contributed by atoms with Crippen molar-refractivity contribution in [2.24, 2.45) is 5.92 Å². The van der Waals surface area contributed by atoms with Crippen LogP contribution in [0.5, 0.6) is 5.75 Å². The summed E-state index contributed by atoms with van der Waals surface area (Å²) in [5, 5.41) is 3.79. The molecule has 1 aliphatic heterocycles. The molecule has 2 N–H and O–H groups in total. The number of ether oxygens (including phenoxy) is 1. The van der Waals surface area contributed by atoms with Gasteiger partial charge in [0.25, 0.3) is 0 Å². The molecular formula is C19H20ClF3N2O3S. The van der Waals surface area contributed by atoms with E-state index in [0.717, 1.165) is 55.8 Å². The second-order valence-corrected chi connectivity index (χ2v) is 8.91. The van der Waals surface area contributed by atoms with Crippen LogP contribution in [0, 0.1) is 5.92 Å². The maximum absolute atomic E-state index is 12.9. The van der Waals surface area contributed by atoms with Crippen LogP contribution >= 0.6 is 11.6 Å². The van der Waals surface area contributed by atoms with Gasteiger partial charge in [0.2, 0.25) is 10.0 Å². The van der Waals surface area contributed by atoms with Gasteiger partial charge < -0.3 is 10.1 Å². The molecule has 0 amide bonds. The minimum absolute atomic E-state index is 0.0695. The standard InChI is InChI=1S/C19H20ClF3N2O3S/c20-15-3-1-13(2-4-15)18(14-9-11-24-12-10-14)25-29(26,27)17-7-5-16(6-8-17)28-19(21,22)23/h1-8,14,18,24-25H,9-12H2/t18-/m1/s1. The van der Waals surface area contributed by atoms with E-state index < -0.39 is 28.2 Å². The first kappa shape index (κ1) is 21.9. The van der Waals surface area contributed by atoms with Crippen LogP contribution < -0.4 is 14.8 Å². The Labute approximate surface area is 172 Å². The van der Waals surface area contributed by atoms with E-state index in [-0.39, 0.29) is 10.8 Å². The summed E-state index contributed by atoms with van der Waals surface area (Å²) in [5.41, 5.74) is 0.780. The minimum Gasteiger partial charge on any atom is -0.406 e. The Balaban J connectivity index is 1.84. The minimum atomic E-state index is -4.84. The van der Waals surface area contributed by atoms with Gasteiger partial charge in [-0.1, -0.05) is 23.7 Å². The fourth-order valence-electron chi connectivity index (χ4n) is 3.34. The summed E-state index contributed by atoms with van der Waals surface area (Å²) in [4.78, 5) is -0.139. The van der Waals surface area contributed by atoms with Crippen molar-refractivity contribution in [1.82, 2.24) is 10.0 Å². The lowest BCUT2D eigenvalue weighted by molar-refractivity contribution is -0.274. The number of rotatable bonds is 6. The lowest BCUT2D eigenvalue weighted by Gasteiger charge is -2.31. The van der Waals surface area contributed by atoms with Crippen LogP contribution in [-0.4, -0.2) is 27.9 Å². The number of sulfonamides is 1. The zero-order valence-corrected chi connectivity index (χ0v) is 16.8. The molecule has 3 rings (SSSR count). The van der Waals surface area contributed by atoms with Crippen molar-refractivity contribution in [2.45, 2.75) is 30.1 Å². The summed E-state index contributed by atoms with van der Waals surface area (Å²) < 4.78 is 69.2. The number of piperidine rings is 1. The number of hydrogen-bond donors (Lipinski definition) is 2. The molecule has 10 heteroatoms. The van der Waals surface area contributed by atoms with Gasteiger partial charge in [-0.25, -0.2) is 13.1 Å². The molecule has 0 aromatic heterocycles. The summed E-state index contributed by atoms with van der Waals surface area (Å²) in [6.45, 7) is 1.56. The summed E-state index contributed by atoms with van der Waals surface area (Å²) in [5.74, 6) is -0.413. The molecule has 2 aromatic rings. The first-order valence-electron chi connectivity index (χ1n) is 8.98. The van der Waals surface area contributed by atoms with Crippen molar-refractivity contribution >= 4 is 21.6 Å². The second-order valence-electron chi connectivity index (χ2n) is 6.76. The first-order valence-corrected chi connectivity index (χ1v) is 10.8. The molecule has 0 radical (unpaired) electrons. The monoisotopic (exact) mass is 448 g/mol. The highest BCUT2D eigenvalue weighted by Crippen LogP contribution is 2.32. The van der Waals surface area contributed by atoms with Gasteiger partial charge in [0, 0.05) is 11.1 Å². The number of halogens is 4. The van der Waals surface area contributed by atoms with E-state index in [1.807, 2.05) is 0 Å². The molecule has 1 aliphatic rings. The third kappa shape index (κ3) is 6.08. The number of hydrogen-bond acceptors (Lipinski definition) is 4. The van der Waals surface area contributed by atoms with Gasteiger partial charge in [0.1, 0.15) is 5.75 Å². The highest BCUT2D eigenvalue weighted by molar-refractivity contribution is 7.89. The molecule has 0 aliphatic carbocycles. The van der Waals surface area contributed by atoms with Crippen LogP contribution in [0.25, 0.3) is 0 Å². The second kappa shape index (κ2) is 8.91. The molecule has 5 nitrogen and oxygen atoms in total. The van der Waals surface area contributed by atoms with Crippen molar-refractivity contribution < 1.29 is 26.3 Å². The summed E-state index contributed by atoms with van der Waals surface area (Å²) in [6, 6.07) is 10.6. The quantitative estimate of drug-likeness (QED) is 0.693. The van der Waals surface area contributed by atoms with Crippen LogP contribution in [-0.2, 0) is 10.0 Å². The molecule has 1 atom stereocenters. The Kier molecular flexibility index (Phi) is 6.72. The molecule has 0 bridgehead atoms. The van der Waals surface area contributed by atoms with Crippen LogP contribution in [0.3, 0.4) is 0 Å². The van der Waals surface area contributed by atoms with Gasteiger partial charge in [0.15, 0.2) is 0 Å². The highest BCUT2D eigenvalue weighted by Gasteiger charge is 2.32. The molecule has 29 heavy (non-hydrogen) atoms. The number of alkyl halides is 3. The van der Waals surface area contributed by atoms with Crippen molar-refractivity contribution in [3.63, 3.8) is 0 Å². The average Bonchev–Trinajstić information content (AvgIpc) is 2.67. The van der Waals surface area contributed by atoms with Gasteiger partial charge >= 0.3 is 6.36 Å². The third-order valence-electron chi connectivity index (χ3n) is 4.73. The largest absolute Gasteiger partial charge is 0.573 e. The zero-order valence-electron chi connectivity index (χ0n) is 15.2. The third-order valence-corrected chi connectivity index (χ3v) is 6.44. The van der Waals surface area contributed by atoms with E-state index >= 15 is 0 Å². The number of nitrogens with one attached hydrogen (secondary N) is 2. The van der Waals surface area contributed by atoms with Gasteiger partial charge in [-0.3, -0.25) is 0 Å². The Hall–Kier alpha value is -1.81. The van der Waals surface area contributed by atoms with E-state index in [1.165, 1.54) is 0 Å². The average molecular weight is 449 g/mol. The SMILES string of the molecule is O=S(=O)(N[C@H](c1ccc(Cl)cc1)C1CCNCC1)c1ccc(OC(F)(F)F)cc1. The molecule has 0 spiro atoms. The normalized spacial score (nSPS) is 17.1. The fourth-order valence-corrected chi connectivity index (χ4v) is 4.76. The molecule has 0 unspecified atom stereocenters. The summed E-state index contributed by atoms with van der Waals surface area (Å²) in [6.07, 6.45) is -3.27. The maximum Gasteiger partial charge on any atom is 0.573 e. The van der Waals surface area contributed by atoms with E-state index in [4.69, 9.17) is 11.6 Å². The molecule has 0 saturated carbocycles. The Bertz CT molecular complexity index is 913. The van der Waals surface area contributed by atoms with Crippen LogP contribution in [0.4, 0.5) is 13.2 Å². The lowest BCUT2D eigenvalue weighted by atomic mass is 9.87. The van der Waals surface area contributed by atoms with Crippen LogP contribution in [0.1, 0.15) is 24.4 Å². The van der Waals surface area contributed by atoms with Crippen LogP contribution in [0.15, 0.2) is 53.4 Å². The topological polar surface area (TPSA) is 67.4 Å². The van der Waals surface area contributed by atoms with Gasteiger partial charge in [-0.15, -0.1) is 13.2 Å². The summed E-state index contributed by atoms with van der Waals surface area (Å²) >= 11 is 5.95. The number of benzene rings is 2.